The van der Waals surface area contributed by atoms with E-state index in [0.717, 1.165) is 43.7 Å². The molecule has 1 aliphatic heterocycles. The molecule has 4 heteroatoms. The minimum atomic E-state index is 0.236. The van der Waals surface area contributed by atoms with E-state index in [9.17, 15) is 4.79 Å². The monoisotopic (exact) mass is 276 g/mol. The first-order valence-corrected chi connectivity index (χ1v) is 7.30. The predicted octanol–water partition coefficient (Wildman–Crippen LogP) is 1.84. The van der Waals surface area contributed by atoms with Gasteiger partial charge in [0, 0.05) is 19.5 Å². The van der Waals surface area contributed by atoms with Gasteiger partial charge in [0.2, 0.25) is 5.91 Å². The summed E-state index contributed by atoms with van der Waals surface area (Å²) in [6.45, 7) is 2.02. The molecule has 1 N–H and O–H groups in total. The van der Waals surface area contributed by atoms with Crippen LogP contribution in [0.1, 0.15) is 24.8 Å². The van der Waals surface area contributed by atoms with Crippen molar-refractivity contribution in [3.05, 3.63) is 29.8 Å². The Kier molecular flexibility index (Phi) is 5.41. The smallest absolute Gasteiger partial charge is 0.222 e. The normalized spacial score (nSPS) is 15.9. The highest BCUT2D eigenvalue weighted by atomic mass is 16.5. The Labute approximate surface area is 121 Å². The number of hydrogen-bond acceptors (Lipinski definition) is 3. The Morgan fingerprint density at radius 3 is 2.85 bits per heavy atom. The lowest BCUT2D eigenvalue weighted by molar-refractivity contribution is -0.132. The highest BCUT2D eigenvalue weighted by molar-refractivity contribution is 5.76. The van der Waals surface area contributed by atoms with Gasteiger partial charge in [0.1, 0.15) is 5.75 Å². The van der Waals surface area contributed by atoms with Crippen molar-refractivity contribution >= 4 is 5.91 Å². The number of carbonyl (C=O) groups excluding carboxylic acids is 1. The van der Waals surface area contributed by atoms with Crippen molar-refractivity contribution in [1.82, 2.24) is 10.2 Å². The number of rotatable bonds is 5. The summed E-state index contributed by atoms with van der Waals surface area (Å²) in [5.74, 6) is 1.08. The van der Waals surface area contributed by atoms with Gasteiger partial charge in [-0.05, 0) is 50.0 Å². The van der Waals surface area contributed by atoms with E-state index < -0.39 is 0 Å². The number of aryl methyl sites for hydroxylation is 1. The van der Waals surface area contributed by atoms with E-state index in [-0.39, 0.29) is 5.91 Å². The minimum Gasteiger partial charge on any atom is -0.497 e. The summed E-state index contributed by atoms with van der Waals surface area (Å²) in [5.41, 5.74) is 1.15. The third-order valence-corrected chi connectivity index (χ3v) is 4.01. The molecule has 1 heterocycles. The van der Waals surface area contributed by atoms with Crippen LogP contribution in [0.25, 0.3) is 0 Å². The fraction of sp³-hybridized carbons (Fsp3) is 0.562. The van der Waals surface area contributed by atoms with Gasteiger partial charge in [-0.2, -0.15) is 0 Å². The average molecular weight is 276 g/mol. The SMILES string of the molecule is COc1cccc(CCC(=O)N(C)C2CCNCC2)c1. The molecule has 2 rings (SSSR count). The minimum absolute atomic E-state index is 0.236. The van der Waals surface area contributed by atoms with Crippen LogP contribution in [0, 0.1) is 0 Å². The van der Waals surface area contributed by atoms with Gasteiger partial charge in [-0.25, -0.2) is 0 Å². The van der Waals surface area contributed by atoms with Gasteiger partial charge in [-0.1, -0.05) is 12.1 Å². The molecule has 1 aliphatic rings. The number of amides is 1. The number of methoxy groups -OCH3 is 1. The van der Waals surface area contributed by atoms with Crippen LogP contribution in [-0.2, 0) is 11.2 Å². The molecule has 0 spiro atoms. The first-order chi connectivity index (χ1) is 9.70. The van der Waals surface area contributed by atoms with E-state index in [0.29, 0.717) is 12.5 Å². The third kappa shape index (κ3) is 3.97. The Balaban J connectivity index is 1.84. The van der Waals surface area contributed by atoms with Crippen molar-refractivity contribution in [2.75, 3.05) is 27.2 Å². The molecule has 0 bridgehead atoms. The molecule has 1 fully saturated rings. The molecule has 1 amide bonds. The van der Waals surface area contributed by atoms with E-state index in [1.54, 1.807) is 7.11 Å². The number of nitrogens with one attached hydrogen (secondary N) is 1. The fourth-order valence-electron chi connectivity index (χ4n) is 2.65. The summed E-state index contributed by atoms with van der Waals surface area (Å²) in [7, 11) is 3.60. The van der Waals surface area contributed by atoms with Crippen molar-refractivity contribution < 1.29 is 9.53 Å². The quantitative estimate of drug-likeness (QED) is 0.892. The highest BCUT2D eigenvalue weighted by Gasteiger charge is 2.21. The largest absolute Gasteiger partial charge is 0.497 e. The fourth-order valence-corrected chi connectivity index (χ4v) is 2.65. The van der Waals surface area contributed by atoms with E-state index in [4.69, 9.17) is 4.74 Å². The standard InChI is InChI=1S/C16H24N2O2/c1-18(14-8-10-17-11-9-14)16(19)7-6-13-4-3-5-15(12-13)20-2/h3-5,12,14,17H,6-11H2,1-2H3. The molecule has 0 radical (unpaired) electrons. The van der Waals surface area contributed by atoms with Crippen LogP contribution in [0.5, 0.6) is 5.75 Å². The van der Waals surface area contributed by atoms with Gasteiger partial charge in [-0.15, -0.1) is 0 Å². The molecule has 0 unspecified atom stereocenters. The van der Waals surface area contributed by atoms with Gasteiger partial charge in [-0.3, -0.25) is 4.79 Å². The summed E-state index contributed by atoms with van der Waals surface area (Å²) in [6, 6.07) is 8.33. The second-order valence-corrected chi connectivity index (χ2v) is 5.34. The van der Waals surface area contributed by atoms with Gasteiger partial charge >= 0.3 is 0 Å². The lowest BCUT2D eigenvalue weighted by atomic mass is 10.0. The number of nitrogens with zero attached hydrogens (tertiary/aromatic N) is 1. The molecule has 110 valence electrons. The predicted molar refractivity (Wildman–Crippen MR) is 80.0 cm³/mol. The molecule has 0 atom stereocenters. The summed E-state index contributed by atoms with van der Waals surface area (Å²) < 4.78 is 5.20. The molecule has 0 aromatic heterocycles. The maximum absolute atomic E-state index is 12.2. The Morgan fingerprint density at radius 1 is 1.40 bits per heavy atom. The third-order valence-electron chi connectivity index (χ3n) is 4.01. The van der Waals surface area contributed by atoms with Crippen LogP contribution in [-0.4, -0.2) is 44.1 Å². The molecule has 1 aromatic carbocycles. The summed E-state index contributed by atoms with van der Waals surface area (Å²) in [5, 5.41) is 3.33. The molecular formula is C16H24N2O2. The zero-order valence-corrected chi connectivity index (χ0v) is 12.4. The van der Waals surface area contributed by atoms with Crippen molar-refractivity contribution in [1.29, 1.82) is 0 Å². The van der Waals surface area contributed by atoms with Crippen LogP contribution >= 0.6 is 0 Å². The molecule has 4 nitrogen and oxygen atoms in total. The zero-order chi connectivity index (χ0) is 14.4. The summed E-state index contributed by atoms with van der Waals surface area (Å²) in [4.78, 5) is 14.2. The molecule has 0 aliphatic carbocycles. The first-order valence-electron chi connectivity index (χ1n) is 7.30. The van der Waals surface area contributed by atoms with Crippen molar-refractivity contribution in [3.8, 4) is 5.75 Å². The highest BCUT2D eigenvalue weighted by Crippen LogP contribution is 2.16. The van der Waals surface area contributed by atoms with Crippen molar-refractivity contribution in [2.24, 2.45) is 0 Å². The van der Waals surface area contributed by atoms with E-state index in [1.807, 2.05) is 36.2 Å². The lowest BCUT2D eigenvalue weighted by Gasteiger charge is -2.31. The maximum atomic E-state index is 12.2. The van der Waals surface area contributed by atoms with Gasteiger partial charge in [0.15, 0.2) is 0 Å². The molecule has 20 heavy (non-hydrogen) atoms. The van der Waals surface area contributed by atoms with Gasteiger partial charge in [0.05, 0.1) is 7.11 Å². The topological polar surface area (TPSA) is 41.6 Å². The number of hydrogen-bond donors (Lipinski definition) is 1. The number of benzene rings is 1. The molecule has 1 aromatic rings. The van der Waals surface area contributed by atoms with E-state index in [2.05, 4.69) is 5.32 Å². The molecular weight excluding hydrogens is 252 g/mol. The number of carbonyl (C=O) groups is 1. The zero-order valence-electron chi connectivity index (χ0n) is 12.4. The maximum Gasteiger partial charge on any atom is 0.222 e. The van der Waals surface area contributed by atoms with Crippen LogP contribution in [0.2, 0.25) is 0 Å². The average Bonchev–Trinajstić information content (AvgIpc) is 2.53. The molecule has 1 saturated heterocycles. The number of ether oxygens (including phenoxy) is 1. The Morgan fingerprint density at radius 2 is 2.15 bits per heavy atom. The van der Waals surface area contributed by atoms with Gasteiger partial charge < -0.3 is 15.0 Å². The first kappa shape index (κ1) is 14.9. The Hall–Kier alpha value is -1.55. The number of piperidine rings is 1. The lowest BCUT2D eigenvalue weighted by Crippen LogP contribution is -2.44. The van der Waals surface area contributed by atoms with Crippen molar-refractivity contribution in [2.45, 2.75) is 31.7 Å². The van der Waals surface area contributed by atoms with Crippen LogP contribution in [0.15, 0.2) is 24.3 Å². The summed E-state index contributed by atoms with van der Waals surface area (Å²) in [6.07, 6.45) is 3.45. The van der Waals surface area contributed by atoms with Crippen molar-refractivity contribution in [3.63, 3.8) is 0 Å². The molecule has 0 saturated carbocycles. The van der Waals surface area contributed by atoms with Crippen LogP contribution in [0.4, 0.5) is 0 Å². The summed E-state index contributed by atoms with van der Waals surface area (Å²) >= 11 is 0. The van der Waals surface area contributed by atoms with Gasteiger partial charge in [0.25, 0.3) is 0 Å². The van der Waals surface area contributed by atoms with Crippen LogP contribution in [0.3, 0.4) is 0 Å². The van der Waals surface area contributed by atoms with E-state index in [1.165, 1.54) is 0 Å². The Bertz CT molecular complexity index is 442. The second-order valence-electron chi connectivity index (χ2n) is 5.34. The van der Waals surface area contributed by atoms with E-state index >= 15 is 0 Å². The second kappa shape index (κ2) is 7.29. The van der Waals surface area contributed by atoms with Crippen LogP contribution < -0.4 is 10.1 Å².